The summed E-state index contributed by atoms with van der Waals surface area (Å²) >= 11 is 1.53. The maximum Gasteiger partial charge on any atom is 0.321 e. The van der Waals surface area contributed by atoms with E-state index in [1.54, 1.807) is 18.3 Å². The number of likely N-dealkylation sites (tertiary alicyclic amines) is 1. The van der Waals surface area contributed by atoms with Crippen molar-refractivity contribution >= 4 is 35.1 Å². The van der Waals surface area contributed by atoms with Gasteiger partial charge in [0.25, 0.3) is 0 Å². The molecule has 1 saturated heterocycles. The van der Waals surface area contributed by atoms with Gasteiger partial charge in [0.2, 0.25) is 5.91 Å². The monoisotopic (exact) mass is 398 g/mol. The van der Waals surface area contributed by atoms with Crippen molar-refractivity contribution in [1.82, 2.24) is 9.88 Å². The molecule has 3 amide bonds. The first-order valence-electron chi connectivity index (χ1n) is 9.64. The molecular formula is C21H26N4O2S. The third kappa shape index (κ3) is 6.56. The van der Waals surface area contributed by atoms with Crippen LogP contribution in [0.5, 0.6) is 0 Å². The normalized spacial score (nSPS) is 14.2. The third-order valence-electron chi connectivity index (χ3n) is 4.52. The second-order valence-corrected chi connectivity index (χ2v) is 7.76. The van der Waals surface area contributed by atoms with E-state index in [1.807, 2.05) is 35.2 Å². The Morgan fingerprint density at radius 2 is 1.61 bits per heavy atom. The van der Waals surface area contributed by atoms with Gasteiger partial charge in [-0.05, 0) is 49.2 Å². The number of anilines is 2. The van der Waals surface area contributed by atoms with Crippen LogP contribution in [0.15, 0.2) is 48.7 Å². The minimum atomic E-state index is -0.0534. The van der Waals surface area contributed by atoms with Crippen LogP contribution in [0.1, 0.15) is 31.4 Å². The highest BCUT2D eigenvalue weighted by atomic mass is 32.2. The molecule has 2 aromatic rings. The van der Waals surface area contributed by atoms with Gasteiger partial charge >= 0.3 is 6.03 Å². The van der Waals surface area contributed by atoms with E-state index in [9.17, 15) is 9.59 Å². The molecule has 0 radical (unpaired) electrons. The van der Waals surface area contributed by atoms with Gasteiger partial charge in [0.15, 0.2) is 0 Å². The summed E-state index contributed by atoms with van der Waals surface area (Å²) < 4.78 is 0. The van der Waals surface area contributed by atoms with Crippen LogP contribution in [0.25, 0.3) is 0 Å². The number of pyridine rings is 1. The van der Waals surface area contributed by atoms with Gasteiger partial charge in [-0.1, -0.05) is 18.9 Å². The predicted molar refractivity (Wildman–Crippen MR) is 115 cm³/mol. The number of amides is 3. The zero-order valence-electron chi connectivity index (χ0n) is 15.9. The van der Waals surface area contributed by atoms with Crippen LogP contribution in [0.2, 0.25) is 0 Å². The molecular weight excluding hydrogens is 372 g/mol. The van der Waals surface area contributed by atoms with Gasteiger partial charge in [0, 0.05) is 36.4 Å². The Hall–Kier alpha value is -2.54. The van der Waals surface area contributed by atoms with Gasteiger partial charge in [-0.2, -0.15) is 0 Å². The minimum Gasteiger partial charge on any atom is -0.325 e. The van der Waals surface area contributed by atoms with Crippen molar-refractivity contribution in [2.24, 2.45) is 0 Å². The predicted octanol–water partition coefficient (Wildman–Crippen LogP) is 4.36. The van der Waals surface area contributed by atoms with E-state index in [1.165, 1.54) is 24.6 Å². The van der Waals surface area contributed by atoms with Crippen LogP contribution in [-0.2, 0) is 10.5 Å². The molecule has 7 heteroatoms. The molecule has 2 heterocycles. The van der Waals surface area contributed by atoms with Crippen molar-refractivity contribution < 1.29 is 9.59 Å². The van der Waals surface area contributed by atoms with Crippen molar-refractivity contribution in [3.63, 3.8) is 0 Å². The van der Waals surface area contributed by atoms with E-state index in [4.69, 9.17) is 0 Å². The Morgan fingerprint density at radius 3 is 2.25 bits per heavy atom. The summed E-state index contributed by atoms with van der Waals surface area (Å²) in [7, 11) is 0. The molecule has 1 aliphatic heterocycles. The second-order valence-electron chi connectivity index (χ2n) is 6.77. The maximum atomic E-state index is 12.4. The highest BCUT2D eigenvalue weighted by molar-refractivity contribution is 7.99. The van der Waals surface area contributed by atoms with E-state index in [-0.39, 0.29) is 11.9 Å². The summed E-state index contributed by atoms with van der Waals surface area (Å²) in [5.74, 6) is 1.02. The molecule has 6 nitrogen and oxygen atoms in total. The van der Waals surface area contributed by atoms with Gasteiger partial charge in [0.1, 0.15) is 0 Å². The molecule has 148 valence electrons. The Balaban J connectivity index is 1.42. The zero-order valence-corrected chi connectivity index (χ0v) is 16.7. The van der Waals surface area contributed by atoms with Crippen LogP contribution in [0, 0.1) is 0 Å². The van der Waals surface area contributed by atoms with Crippen molar-refractivity contribution in [1.29, 1.82) is 0 Å². The minimum absolute atomic E-state index is 0.0513. The van der Waals surface area contributed by atoms with Crippen molar-refractivity contribution in [3.8, 4) is 0 Å². The van der Waals surface area contributed by atoms with E-state index >= 15 is 0 Å². The van der Waals surface area contributed by atoms with Gasteiger partial charge in [-0.3, -0.25) is 9.78 Å². The molecule has 1 aliphatic rings. The first-order valence-corrected chi connectivity index (χ1v) is 10.8. The Bertz CT molecular complexity index is 760. The molecule has 0 bridgehead atoms. The molecule has 0 atom stereocenters. The van der Waals surface area contributed by atoms with Crippen LogP contribution < -0.4 is 10.6 Å². The number of urea groups is 1. The lowest BCUT2D eigenvalue weighted by Gasteiger charge is -2.20. The molecule has 1 fully saturated rings. The number of carbonyl (C=O) groups is 2. The van der Waals surface area contributed by atoms with Crippen molar-refractivity contribution in [3.05, 3.63) is 54.4 Å². The zero-order chi connectivity index (χ0) is 19.6. The number of nitrogens with zero attached hydrogens (tertiary/aromatic N) is 2. The fourth-order valence-electron chi connectivity index (χ4n) is 3.04. The van der Waals surface area contributed by atoms with Gasteiger partial charge in [-0.15, -0.1) is 11.8 Å². The molecule has 0 saturated carbocycles. The summed E-state index contributed by atoms with van der Waals surface area (Å²) in [5.41, 5.74) is 2.41. The molecule has 2 N–H and O–H groups in total. The number of thioether (sulfide) groups is 1. The van der Waals surface area contributed by atoms with E-state index < -0.39 is 0 Å². The summed E-state index contributed by atoms with van der Waals surface area (Å²) in [4.78, 5) is 30.5. The standard InChI is InChI=1S/C21H26N4O2S/c26-20(16-28-15-19-7-3-4-12-22-19)23-17-8-10-18(11-9-17)24-21(27)25-13-5-1-2-6-14-25/h3-4,7-12H,1-2,5-6,13-16H2,(H,23,26)(H,24,27). The number of hydrogen-bond donors (Lipinski definition) is 2. The molecule has 0 unspecified atom stereocenters. The van der Waals surface area contributed by atoms with Gasteiger partial charge < -0.3 is 15.5 Å². The molecule has 28 heavy (non-hydrogen) atoms. The Labute approximate surface area is 170 Å². The second kappa shape index (κ2) is 10.7. The summed E-state index contributed by atoms with van der Waals surface area (Å²) in [6.45, 7) is 1.63. The van der Waals surface area contributed by atoms with Gasteiger partial charge in [-0.25, -0.2) is 4.79 Å². The van der Waals surface area contributed by atoms with Crippen LogP contribution in [0.4, 0.5) is 16.2 Å². The average molecular weight is 399 g/mol. The number of carbonyl (C=O) groups excluding carboxylic acids is 2. The number of hydrogen-bond acceptors (Lipinski definition) is 4. The highest BCUT2D eigenvalue weighted by Gasteiger charge is 2.15. The van der Waals surface area contributed by atoms with E-state index in [2.05, 4.69) is 15.6 Å². The fraction of sp³-hybridized carbons (Fsp3) is 0.381. The fourth-order valence-corrected chi connectivity index (χ4v) is 3.78. The Morgan fingerprint density at radius 1 is 0.929 bits per heavy atom. The topological polar surface area (TPSA) is 74.3 Å². The molecule has 0 spiro atoms. The van der Waals surface area contributed by atoms with Crippen LogP contribution in [-0.4, -0.2) is 40.7 Å². The quantitative estimate of drug-likeness (QED) is 0.758. The highest BCUT2D eigenvalue weighted by Crippen LogP contribution is 2.17. The molecule has 0 aliphatic carbocycles. The van der Waals surface area contributed by atoms with Crippen LogP contribution >= 0.6 is 11.8 Å². The van der Waals surface area contributed by atoms with E-state index in [0.29, 0.717) is 11.5 Å². The average Bonchev–Trinajstić information content (AvgIpc) is 3.00. The van der Waals surface area contributed by atoms with Crippen molar-refractivity contribution in [2.45, 2.75) is 31.4 Å². The maximum absolute atomic E-state index is 12.4. The molecule has 1 aromatic heterocycles. The first-order chi connectivity index (χ1) is 13.7. The lowest BCUT2D eigenvalue weighted by atomic mass is 10.2. The smallest absolute Gasteiger partial charge is 0.321 e. The first kappa shape index (κ1) is 20.2. The lowest BCUT2D eigenvalue weighted by molar-refractivity contribution is -0.113. The largest absolute Gasteiger partial charge is 0.325 e. The molecule has 1 aromatic carbocycles. The van der Waals surface area contributed by atoms with Gasteiger partial charge in [0.05, 0.1) is 11.4 Å². The molecule has 3 rings (SSSR count). The third-order valence-corrected chi connectivity index (χ3v) is 5.49. The number of nitrogens with one attached hydrogen (secondary N) is 2. The summed E-state index contributed by atoms with van der Waals surface area (Å²) in [5, 5.41) is 5.81. The summed E-state index contributed by atoms with van der Waals surface area (Å²) in [6.07, 6.45) is 6.27. The SMILES string of the molecule is O=C(CSCc1ccccn1)Nc1ccc(NC(=O)N2CCCCCC2)cc1. The van der Waals surface area contributed by atoms with Crippen LogP contribution in [0.3, 0.4) is 0 Å². The Kier molecular flexibility index (Phi) is 7.72. The van der Waals surface area contributed by atoms with E-state index in [0.717, 1.165) is 43.0 Å². The number of benzene rings is 1. The summed E-state index contributed by atoms with van der Waals surface area (Å²) in [6, 6.07) is 12.9. The number of aromatic nitrogens is 1. The van der Waals surface area contributed by atoms with Crippen molar-refractivity contribution in [2.75, 3.05) is 29.5 Å². The lowest BCUT2D eigenvalue weighted by Crippen LogP contribution is -2.35. The number of rotatable bonds is 6.